The maximum atomic E-state index is 12.7. The molecule has 2 amide bonds. The molecule has 0 spiro atoms. The molecule has 37 heavy (non-hydrogen) atoms. The highest BCUT2D eigenvalue weighted by Crippen LogP contribution is 2.33. The first-order chi connectivity index (χ1) is 17.9. The zero-order chi connectivity index (χ0) is 25.9. The van der Waals surface area contributed by atoms with Gasteiger partial charge in [0, 0.05) is 32.6 Å². The predicted molar refractivity (Wildman–Crippen MR) is 146 cm³/mol. The van der Waals surface area contributed by atoms with Crippen LogP contribution in [0.5, 0.6) is 11.5 Å². The van der Waals surface area contributed by atoms with Crippen LogP contribution in [0.3, 0.4) is 0 Å². The van der Waals surface area contributed by atoms with Crippen molar-refractivity contribution in [1.29, 1.82) is 0 Å². The highest BCUT2D eigenvalue weighted by Gasteiger charge is 2.22. The number of carbonyl (C=O) groups excluding carboxylic acids is 2. The van der Waals surface area contributed by atoms with Gasteiger partial charge in [-0.05, 0) is 55.0 Å². The Morgan fingerprint density at radius 2 is 1.78 bits per heavy atom. The zero-order valence-corrected chi connectivity index (χ0v) is 22.2. The van der Waals surface area contributed by atoms with Crippen molar-refractivity contribution >= 4 is 49.9 Å². The molecule has 2 heterocycles. The number of nitrogens with one attached hydrogen (secondary N) is 2. The van der Waals surface area contributed by atoms with Gasteiger partial charge in [-0.1, -0.05) is 40.2 Å². The van der Waals surface area contributed by atoms with Crippen LogP contribution in [-0.4, -0.2) is 29.6 Å². The number of hydrogen-bond acceptors (Lipinski definition) is 7. The fraction of sp³-hybridized carbons (Fsp3) is 0.148. The molecule has 0 fully saturated rings. The molecule has 4 aromatic rings. The second kappa shape index (κ2) is 10.6. The van der Waals surface area contributed by atoms with Crippen LogP contribution in [0.2, 0.25) is 0 Å². The minimum absolute atomic E-state index is 0.115. The molecular formula is C27H23BrN4O4S. The summed E-state index contributed by atoms with van der Waals surface area (Å²) < 4.78 is 11.6. The van der Waals surface area contributed by atoms with E-state index in [2.05, 4.69) is 26.6 Å². The molecule has 10 heteroatoms. The Morgan fingerprint density at radius 1 is 1.05 bits per heavy atom. The molecule has 1 aromatic heterocycles. The molecule has 4 N–H and O–H groups in total. The Labute approximate surface area is 226 Å². The average molecular weight is 579 g/mol. The zero-order valence-electron chi connectivity index (χ0n) is 19.8. The van der Waals surface area contributed by atoms with E-state index in [-0.39, 0.29) is 13.2 Å². The lowest BCUT2D eigenvalue weighted by Gasteiger charge is -2.16. The fourth-order valence-electron chi connectivity index (χ4n) is 3.91. The quantitative estimate of drug-likeness (QED) is 0.265. The summed E-state index contributed by atoms with van der Waals surface area (Å²) in [4.78, 5) is 30.7. The standard InChI is InChI=1S/C27H23BrN4O4S/c1-15-24(17-4-7-19(28)8-5-17)32-27(37-15)30-20-9-2-16(3-10-20)12-21(25(29)33)31-26(34)18-6-11-22-23(13-18)36-14-35-22/h2-11,13,21H,12,14H2,1H3,(H2,29,33)(H,30,32)(H,31,34)/t21-/m1/s1. The molecule has 5 rings (SSSR count). The van der Waals surface area contributed by atoms with E-state index in [1.165, 1.54) is 0 Å². The molecule has 188 valence electrons. The van der Waals surface area contributed by atoms with Gasteiger partial charge in [0.05, 0.1) is 5.69 Å². The van der Waals surface area contributed by atoms with Crippen LogP contribution in [-0.2, 0) is 11.2 Å². The summed E-state index contributed by atoms with van der Waals surface area (Å²) in [7, 11) is 0. The number of carbonyl (C=O) groups is 2. The summed E-state index contributed by atoms with van der Waals surface area (Å²) in [6.45, 7) is 2.16. The number of nitrogens with two attached hydrogens (primary N) is 1. The van der Waals surface area contributed by atoms with Crippen LogP contribution in [0, 0.1) is 6.92 Å². The van der Waals surface area contributed by atoms with E-state index in [0.717, 1.165) is 37.0 Å². The highest BCUT2D eigenvalue weighted by atomic mass is 79.9. The third-order valence-electron chi connectivity index (χ3n) is 5.84. The van der Waals surface area contributed by atoms with E-state index >= 15 is 0 Å². The van der Waals surface area contributed by atoms with Gasteiger partial charge in [-0.3, -0.25) is 9.59 Å². The maximum Gasteiger partial charge on any atom is 0.252 e. The van der Waals surface area contributed by atoms with Gasteiger partial charge in [0.1, 0.15) is 6.04 Å². The third kappa shape index (κ3) is 5.76. The summed E-state index contributed by atoms with van der Waals surface area (Å²) in [5, 5.41) is 6.84. The summed E-state index contributed by atoms with van der Waals surface area (Å²) in [6, 6.07) is 19.6. The van der Waals surface area contributed by atoms with Gasteiger partial charge < -0.3 is 25.8 Å². The summed E-state index contributed by atoms with van der Waals surface area (Å²) in [5.41, 5.74) is 9.66. The molecule has 3 aromatic carbocycles. The largest absolute Gasteiger partial charge is 0.454 e. The Kier molecular flexibility index (Phi) is 7.11. The van der Waals surface area contributed by atoms with Crippen LogP contribution in [0.1, 0.15) is 20.8 Å². The van der Waals surface area contributed by atoms with Crippen LogP contribution in [0.25, 0.3) is 11.3 Å². The topological polar surface area (TPSA) is 116 Å². The number of thiazole rings is 1. The van der Waals surface area contributed by atoms with Crippen molar-refractivity contribution in [3.63, 3.8) is 0 Å². The van der Waals surface area contributed by atoms with Crippen molar-refractivity contribution in [2.45, 2.75) is 19.4 Å². The van der Waals surface area contributed by atoms with Crippen LogP contribution in [0.15, 0.2) is 71.2 Å². The average Bonchev–Trinajstić information content (AvgIpc) is 3.50. The lowest BCUT2D eigenvalue weighted by atomic mass is 10.0. The maximum absolute atomic E-state index is 12.7. The SMILES string of the molecule is Cc1sc(Nc2ccc(C[C@@H](NC(=O)c3ccc4c(c3)OCO4)C(N)=O)cc2)nc1-c1ccc(Br)cc1. The van der Waals surface area contributed by atoms with Crippen molar-refractivity contribution in [2.75, 3.05) is 12.1 Å². The van der Waals surface area contributed by atoms with Crippen LogP contribution >= 0.6 is 27.3 Å². The van der Waals surface area contributed by atoms with Gasteiger partial charge >= 0.3 is 0 Å². The van der Waals surface area contributed by atoms with Crippen molar-refractivity contribution in [1.82, 2.24) is 10.3 Å². The van der Waals surface area contributed by atoms with Gasteiger partial charge in [0.2, 0.25) is 12.7 Å². The first-order valence-corrected chi connectivity index (χ1v) is 13.1. The van der Waals surface area contributed by atoms with E-state index in [9.17, 15) is 9.59 Å². The molecule has 8 nitrogen and oxygen atoms in total. The van der Waals surface area contributed by atoms with E-state index in [4.69, 9.17) is 20.2 Å². The van der Waals surface area contributed by atoms with E-state index in [0.29, 0.717) is 17.1 Å². The Hall–Kier alpha value is -3.89. The van der Waals surface area contributed by atoms with Gasteiger partial charge in [-0.2, -0.15) is 0 Å². The van der Waals surface area contributed by atoms with Crippen molar-refractivity contribution in [3.8, 4) is 22.8 Å². The summed E-state index contributed by atoms with van der Waals surface area (Å²) in [6.07, 6.45) is 0.260. The molecule has 1 atom stereocenters. The molecule has 0 unspecified atom stereocenters. The summed E-state index contributed by atoms with van der Waals surface area (Å²) >= 11 is 5.04. The number of hydrogen-bond donors (Lipinski definition) is 3. The van der Waals surface area contributed by atoms with Gasteiger partial charge in [-0.15, -0.1) is 11.3 Å². The Balaban J connectivity index is 1.23. The second-order valence-electron chi connectivity index (χ2n) is 8.45. The smallest absolute Gasteiger partial charge is 0.252 e. The molecule has 0 radical (unpaired) electrons. The third-order valence-corrected chi connectivity index (χ3v) is 7.26. The van der Waals surface area contributed by atoms with Gasteiger partial charge in [0.25, 0.3) is 5.91 Å². The molecule has 0 aliphatic carbocycles. The number of amides is 2. The Morgan fingerprint density at radius 3 is 2.51 bits per heavy atom. The predicted octanol–water partition coefficient (Wildman–Crippen LogP) is 5.18. The number of halogens is 1. The van der Waals surface area contributed by atoms with Crippen molar-refractivity contribution < 1.29 is 19.1 Å². The fourth-order valence-corrected chi connectivity index (χ4v) is 5.03. The first-order valence-electron chi connectivity index (χ1n) is 11.4. The molecule has 0 bridgehead atoms. The highest BCUT2D eigenvalue weighted by molar-refractivity contribution is 9.10. The number of benzene rings is 3. The van der Waals surface area contributed by atoms with E-state index in [1.54, 1.807) is 29.5 Å². The monoisotopic (exact) mass is 578 g/mol. The normalized spacial score (nSPS) is 12.7. The van der Waals surface area contributed by atoms with E-state index < -0.39 is 17.9 Å². The number of fused-ring (bicyclic) bond motifs is 1. The summed E-state index contributed by atoms with van der Waals surface area (Å²) in [5.74, 6) is 0.0380. The number of rotatable bonds is 8. The van der Waals surface area contributed by atoms with Crippen LogP contribution < -0.4 is 25.8 Å². The second-order valence-corrected chi connectivity index (χ2v) is 10.6. The molecule has 0 saturated carbocycles. The minimum Gasteiger partial charge on any atom is -0.454 e. The van der Waals surface area contributed by atoms with Crippen LogP contribution in [0.4, 0.5) is 10.8 Å². The van der Waals surface area contributed by atoms with Gasteiger partial charge in [0.15, 0.2) is 16.6 Å². The van der Waals surface area contributed by atoms with E-state index in [1.807, 2.05) is 55.5 Å². The number of nitrogens with zero attached hydrogens (tertiary/aromatic N) is 1. The minimum atomic E-state index is -0.869. The number of aryl methyl sites for hydroxylation is 1. The molecule has 1 aliphatic rings. The number of aromatic nitrogens is 1. The molecule has 1 aliphatic heterocycles. The number of primary amides is 1. The number of anilines is 2. The molecular weight excluding hydrogens is 556 g/mol. The van der Waals surface area contributed by atoms with Gasteiger partial charge in [-0.25, -0.2) is 4.98 Å². The lowest BCUT2D eigenvalue weighted by molar-refractivity contribution is -0.119. The Bertz CT molecular complexity index is 1450. The molecule has 0 saturated heterocycles. The lowest BCUT2D eigenvalue weighted by Crippen LogP contribution is -2.45. The first kappa shape index (κ1) is 24.8. The van der Waals surface area contributed by atoms with Crippen molar-refractivity contribution in [2.24, 2.45) is 5.73 Å². The van der Waals surface area contributed by atoms with Crippen molar-refractivity contribution in [3.05, 3.63) is 87.2 Å². The number of ether oxygens (including phenoxy) is 2.